The van der Waals surface area contributed by atoms with Crippen molar-refractivity contribution in [2.24, 2.45) is 0 Å². The maximum Gasteiger partial charge on any atom is 0.257 e. The van der Waals surface area contributed by atoms with Crippen molar-refractivity contribution in [2.75, 3.05) is 5.32 Å². The Balaban J connectivity index is 1.75. The minimum Gasteiger partial charge on any atom is -0.298 e. The first kappa shape index (κ1) is 15.4. The number of carbonyl (C=O) groups excluding carboxylic acids is 1. The third kappa shape index (κ3) is 3.66. The fourth-order valence-electron chi connectivity index (χ4n) is 2.33. The average molecular weight is 322 g/mol. The number of carbonyl (C=O) groups is 1. The second kappa shape index (κ2) is 6.75. The lowest BCUT2D eigenvalue weighted by molar-refractivity contribution is 0.102. The van der Waals surface area contributed by atoms with E-state index in [2.05, 4.69) is 41.5 Å². The van der Waals surface area contributed by atoms with Crippen LogP contribution in [0.15, 0.2) is 53.9 Å². The molecular formula is C19H18N2OS. The quantitative estimate of drug-likeness (QED) is 0.739. The second-order valence-electron chi connectivity index (χ2n) is 5.41. The van der Waals surface area contributed by atoms with Gasteiger partial charge in [0.25, 0.3) is 5.91 Å². The molecule has 1 amide bonds. The molecule has 3 aromatic rings. The number of thiazole rings is 1. The number of rotatable bonds is 4. The van der Waals surface area contributed by atoms with Crippen molar-refractivity contribution in [2.45, 2.75) is 20.3 Å². The maximum absolute atomic E-state index is 12.3. The SMILES string of the molecule is CCc1ccc(-c2csc(NC(=O)c3cccc(C)c3)n2)cc1. The smallest absolute Gasteiger partial charge is 0.257 e. The van der Waals surface area contributed by atoms with E-state index in [1.807, 2.05) is 30.5 Å². The van der Waals surface area contributed by atoms with Gasteiger partial charge in [0.1, 0.15) is 0 Å². The number of nitrogens with one attached hydrogen (secondary N) is 1. The van der Waals surface area contributed by atoms with Gasteiger partial charge >= 0.3 is 0 Å². The van der Waals surface area contributed by atoms with E-state index < -0.39 is 0 Å². The van der Waals surface area contributed by atoms with Gasteiger partial charge in [0, 0.05) is 16.5 Å². The van der Waals surface area contributed by atoms with Crippen LogP contribution in [0.4, 0.5) is 5.13 Å². The van der Waals surface area contributed by atoms with Gasteiger partial charge in [-0.05, 0) is 31.0 Å². The number of nitrogens with zero attached hydrogens (tertiary/aromatic N) is 1. The van der Waals surface area contributed by atoms with Crippen LogP contribution >= 0.6 is 11.3 Å². The first-order valence-corrected chi connectivity index (χ1v) is 8.46. The molecule has 0 aliphatic heterocycles. The predicted molar refractivity (Wildman–Crippen MR) is 96.1 cm³/mol. The Bertz CT molecular complexity index is 821. The topological polar surface area (TPSA) is 42.0 Å². The van der Waals surface area contributed by atoms with Crippen molar-refractivity contribution >= 4 is 22.4 Å². The molecule has 2 aromatic carbocycles. The zero-order valence-electron chi connectivity index (χ0n) is 13.2. The van der Waals surface area contributed by atoms with Crippen molar-refractivity contribution in [1.82, 2.24) is 4.98 Å². The molecule has 4 heteroatoms. The largest absolute Gasteiger partial charge is 0.298 e. The third-order valence-corrected chi connectivity index (χ3v) is 4.42. The highest BCUT2D eigenvalue weighted by molar-refractivity contribution is 7.14. The van der Waals surface area contributed by atoms with E-state index in [4.69, 9.17) is 0 Å². The van der Waals surface area contributed by atoms with Crippen LogP contribution in [0.2, 0.25) is 0 Å². The van der Waals surface area contributed by atoms with E-state index in [-0.39, 0.29) is 5.91 Å². The van der Waals surface area contributed by atoms with Gasteiger partial charge in [0.15, 0.2) is 5.13 Å². The molecule has 0 aliphatic rings. The highest BCUT2D eigenvalue weighted by Crippen LogP contribution is 2.25. The summed E-state index contributed by atoms with van der Waals surface area (Å²) in [6.45, 7) is 4.11. The molecule has 3 rings (SSSR count). The average Bonchev–Trinajstić information content (AvgIpc) is 3.03. The number of amides is 1. The number of benzene rings is 2. The molecule has 0 saturated heterocycles. The van der Waals surface area contributed by atoms with Crippen molar-refractivity contribution in [3.63, 3.8) is 0 Å². The Morgan fingerprint density at radius 3 is 2.65 bits per heavy atom. The fourth-order valence-corrected chi connectivity index (χ4v) is 3.05. The second-order valence-corrected chi connectivity index (χ2v) is 6.27. The Hall–Kier alpha value is -2.46. The summed E-state index contributed by atoms with van der Waals surface area (Å²) in [4.78, 5) is 16.8. The lowest BCUT2D eigenvalue weighted by Gasteiger charge is -2.02. The monoisotopic (exact) mass is 322 g/mol. The zero-order chi connectivity index (χ0) is 16.2. The van der Waals surface area contributed by atoms with Crippen LogP contribution < -0.4 is 5.32 Å². The molecule has 0 saturated carbocycles. The van der Waals surface area contributed by atoms with Gasteiger partial charge in [-0.3, -0.25) is 10.1 Å². The van der Waals surface area contributed by atoms with Crippen molar-refractivity contribution in [1.29, 1.82) is 0 Å². The highest BCUT2D eigenvalue weighted by atomic mass is 32.1. The number of anilines is 1. The van der Waals surface area contributed by atoms with Gasteiger partial charge in [-0.2, -0.15) is 0 Å². The summed E-state index contributed by atoms with van der Waals surface area (Å²) >= 11 is 1.44. The minimum atomic E-state index is -0.129. The van der Waals surface area contributed by atoms with E-state index in [9.17, 15) is 4.79 Å². The molecule has 0 spiro atoms. The van der Waals surface area contributed by atoms with Crippen LogP contribution in [0.5, 0.6) is 0 Å². The molecule has 3 nitrogen and oxygen atoms in total. The van der Waals surface area contributed by atoms with Crippen LogP contribution in [0.3, 0.4) is 0 Å². The number of aromatic nitrogens is 1. The summed E-state index contributed by atoms with van der Waals surface area (Å²) < 4.78 is 0. The van der Waals surface area contributed by atoms with E-state index in [1.165, 1.54) is 16.9 Å². The molecule has 0 atom stereocenters. The molecule has 116 valence electrons. The van der Waals surface area contributed by atoms with E-state index in [0.29, 0.717) is 10.7 Å². The van der Waals surface area contributed by atoms with Crippen LogP contribution in [0, 0.1) is 6.92 Å². The maximum atomic E-state index is 12.3. The highest BCUT2D eigenvalue weighted by Gasteiger charge is 2.10. The van der Waals surface area contributed by atoms with Gasteiger partial charge in [0.05, 0.1) is 5.69 Å². The van der Waals surface area contributed by atoms with Gasteiger partial charge in [0.2, 0.25) is 0 Å². The summed E-state index contributed by atoms with van der Waals surface area (Å²) in [6.07, 6.45) is 1.02. The van der Waals surface area contributed by atoms with Gasteiger partial charge in [-0.15, -0.1) is 11.3 Å². The molecular weight excluding hydrogens is 304 g/mol. The zero-order valence-corrected chi connectivity index (χ0v) is 14.0. The van der Waals surface area contributed by atoms with Gasteiger partial charge < -0.3 is 0 Å². The summed E-state index contributed by atoms with van der Waals surface area (Å²) in [6, 6.07) is 15.9. The van der Waals surface area contributed by atoms with Crippen LogP contribution in [-0.4, -0.2) is 10.9 Å². The van der Waals surface area contributed by atoms with Gasteiger partial charge in [-0.1, -0.05) is 48.9 Å². The Morgan fingerprint density at radius 2 is 1.96 bits per heavy atom. The van der Waals surface area contributed by atoms with E-state index in [0.717, 1.165) is 23.2 Å². The molecule has 0 aliphatic carbocycles. The Labute approximate surface area is 140 Å². The van der Waals surface area contributed by atoms with E-state index in [1.54, 1.807) is 6.07 Å². The lowest BCUT2D eigenvalue weighted by Crippen LogP contribution is -2.11. The fraction of sp³-hybridized carbons (Fsp3) is 0.158. The molecule has 0 radical (unpaired) electrons. The molecule has 0 fully saturated rings. The summed E-state index contributed by atoms with van der Waals surface area (Å²) in [7, 11) is 0. The summed E-state index contributed by atoms with van der Waals surface area (Å²) in [5.41, 5.74) is 4.96. The lowest BCUT2D eigenvalue weighted by atomic mass is 10.1. The predicted octanol–water partition coefficient (Wildman–Crippen LogP) is 4.93. The number of aryl methyl sites for hydroxylation is 2. The van der Waals surface area contributed by atoms with Crippen LogP contribution in [-0.2, 0) is 6.42 Å². The Kier molecular flexibility index (Phi) is 4.53. The summed E-state index contributed by atoms with van der Waals surface area (Å²) in [5, 5.41) is 5.45. The molecule has 0 bridgehead atoms. The molecule has 0 unspecified atom stereocenters. The molecule has 23 heavy (non-hydrogen) atoms. The Morgan fingerprint density at radius 1 is 1.17 bits per heavy atom. The standard InChI is InChI=1S/C19H18N2OS/c1-3-14-7-9-15(10-8-14)17-12-23-19(20-17)21-18(22)16-6-4-5-13(2)11-16/h4-12H,3H2,1-2H3,(H,20,21,22). The third-order valence-electron chi connectivity index (χ3n) is 3.66. The van der Waals surface area contributed by atoms with Crippen molar-refractivity contribution < 1.29 is 4.79 Å². The van der Waals surface area contributed by atoms with Crippen LogP contribution in [0.25, 0.3) is 11.3 Å². The van der Waals surface area contributed by atoms with Crippen molar-refractivity contribution in [3.05, 3.63) is 70.6 Å². The number of hydrogen-bond acceptors (Lipinski definition) is 3. The molecule has 1 heterocycles. The van der Waals surface area contributed by atoms with E-state index >= 15 is 0 Å². The number of hydrogen-bond donors (Lipinski definition) is 1. The minimum absolute atomic E-state index is 0.129. The van der Waals surface area contributed by atoms with Crippen LogP contribution in [0.1, 0.15) is 28.4 Å². The van der Waals surface area contributed by atoms with Crippen molar-refractivity contribution in [3.8, 4) is 11.3 Å². The first-order chi connectivity index (χ1) is 11.2. The summed E-state index contributed by atoms with van der Waals surface area (Å²) in [5.74, 6) is -0.129. The van der Waals surface area contributed by atoms with Gasteiger partial charge in [-0.25, -0.2) is 4.98 Å². The molecule has 1 N–H and O–H groups in total. The first-order valence-electron chi connectivity index (χ1n) is 7.58. The molecule has 1 aromatic heterocycles. The normalized spacial score (nSPS) is 10.5.